The Bertz CT molecular complexity index is 865. The van der Waals surface area contributed by atoms with Gasteiger partial charge in [0.1, 0.15) is 0 Å². The Morgan fingerprint density at radius 3 is 2.38 bits per heavy atom. The summed E-state index contributed by atoms with van der Waals surface area (Å²) in [5.41, 5.74) is 1.82. The van der Waals surface area contributed by atoms with Gasteiger partial charge in [-0.15, -0.1) is 0 Å². The SMILES string of the molecule is Cc1nccnc1-n1cc(C(C)C)c2ccccc2c1=O. The Balaban J connectivity index is 2.43. The van der Waals surface area contributed by atoms with E-state index >= 15 is 0 Å². The van der Waals surface area contributed by atoms with Crippen LogP contribution in [0, 0.1) is 6.92 Å². The average Bonchev–Trinajstić information content (AvgIpc) is 2.48. The molecule has 2 heterocycles. The van der Waals surface area contributed by atoms with Crippen molar-refractivity contribution in [3.05, 3.63) is 64.5 Å². The number of hydrogen-bond acceptors (Lipinski definition) is 3. The van der Waals surface area contributed by atoms with Crippen molar-refractivity contribution in [2.45, 2.75) is 26.7 Å². The quantitative estimate of drug-likeness (QED) is 0.723. The molecule has 2 aromatic heterocycles. The molecule has 0 spiro atoms. The predicted octanol–water partition coefficient (Wildman–Crippen LogP) is 3.21. The molecular weight excluding hydrogens is 262 g/mol. The van der Waals surface area contributed by atoms with E-state index in [2.05, 4.69) is 23.8 Å². The molecule has 0 unspecified atom stereocenters. The standard InChI is InChI=1S/C17H17N3O/c1-11(2)15-10-20(16-12(3)18-8-9-19-16)17(21)14-7-5-4-6-13(14)15/h4-11H,1-3H3. The average molecular weight is 279 g/mol. The van der Waals surface area contributed by atoms with E-state index in [0.29, 0.717) is 17.1 Å². The van der Waals surface area contributed by atoms with Gasteiger partial charge in [0.05, 0.1) is 5.69 Å². The van der Waals surface area contributed by atoms with Crippen LogP contribution in [0.3, 0.4) is 0 Å². The van der Waals surface area contributed by atoms with Crippen LogP contribution in [0.1, 0.15) is 31.0 Å². The van der Waals surface area contributed by atoms with Gasteiger partial charge in [-0.3, -0.25) is 14.3 Å². The van der Waals surface area contributed by atoms with E-state index in [4.69, 9.17) is 0 Å². The molecule has 0 bridgehead atoms. The molecule has 1 aromatic carbocycles. The first-order valence-corrected chi connectivity index (χ1v) is 7.02. The van der Waals surface area contributed by atoms with Crippen LogP contribution in [0.15, 0.2) is 47.7 Å². The topological polar surface area (TPSA) is 47.8 Å². The number of fused-ring (bicyclic) bond motifs is 1. The van der Waals surface area contributed by atoms with Gasteiger partial charge in [-0.1, -0.05) is 32.0 Å². The van der Waals surface area contributed by atoms with Gasteiger partial charge >= 0.3 is 0 Å². The summed E-state index contributed by atoms with van der Waals surface area (Å²) in [7, 11) is 0. The highest BCUT2D eigenvalue weighted by atomic mass is 16.1. The zero-order chi connectivity index (χ0) is 15.0. The molecule has 0 N–H and O–H groups in total. The molecule has 4 nitrogen and oxygen atoms in total. The van der Waals surface area contributed by atoms with E-state index in [1.54, 1.807) is 17.0 Å². The van der Waals surface area contributed by atoms with E-state index in [1.807, 2.05) is 37.4 Å². The smallest absolute Gasteiger partial charge is 0.264 e. The van der Waals surface area contributed by atoms with E-state index in [9.17, 15) is 4.79 Å². The van der Waals surface area contributed by atoms with Crippen molar-refractivity contribution in [3.63, 3.8) is 0 Å². The van der Waals surface area contributed by atoms with Crippen LogP contribution in [0.2, 0.25) is 0 Å². The molecule has 21 heavy (non-hydrogen) atoms. The summed E-state index contributed by atoms with van der Waals surface area (Å²) >= 11 is 0. The first-order chi connectivity index (χ1) is 10.1. The molecule has 3 rings (SSSR count). The van der Waals surface area contributed by atoms with E-state index < -0.39 is 0 Å². The van der Waals surface area contributed by atoms with Crippen LogP contribution in [0.25, 0.3) is 16.6 Å². The maximum absolute atomic E-state index is 12.8. The fraction of sp³-hybridized carbons (Fsp3) is 0.235. The Morgan fingerprint density at radius 1 is 1.05 bits per heavy atom. The normalized spacial score (nSPS) is 11.2. The van der Waals surface area contributed by atoms with Crippen molar-refractivity contribution >= 4 is 10.8 Å². The molecular formula is C17H17N3O. The first-order valence-electron chi connectivity index (χ1n) is 7.02. The maximum atomic E-state index is 12.8. The van der Waals surface area contributed by atoms with Crippen LogP contribution < -0.4 is 5.56 Å². The third-order valence-electron chi connectivity index (χ3n) is 3.66. The fourth-order valence-corrected chi connectivity index (χ4v) is 2.57. The zero-order valence-corrected chi connectivity index (χ0v) is 12.4. The molecule has 0 aliphatic heterocycles. The second kappa shape index (κ2) is 5.13. The third kappa shape index (κ3) is 2.23. The lowest BCUT2D eigenvalue weighted by atomic mass is 9.98. The van der Waals surface area contributed by atoms with Crippen LogP contribution in [-0.2, 0) is 0 Å². The molecule has 0 atom stereocenters. The number of aryl methyl sites for hydroxylation is 1. The minimum atomic E-state index is -0.0569. The maximum Gasteiger partial charge on any atom is 0.264 e. The molecule has 4 heteroatoms. The van der Waals surface area contributed by atoms with Crippen molar-refractivity contribution in [3.8, 4) is 5.82 Å². The number of aromatic nitrogens is 3. The van der Waals surface area contributed by atoms with Crippen molar-refractivity contribution in [1.82, 2.24) is 14.5 Å². The number of hydrogen-bond donors (Lipinski definition) is 0. The second-order valence-electron chi connectivity index (χ2n) is 5.43. The molecule has 0 saturated carbocycles. The minimum Gasteiger partial charge on any atom is -0.268 e. The van der Waals surface area contributed by atoms with Gasteiger partial charge in [-0.2, -0.15) is 0 Å². The summed E-state index contributed by atoms with van der Waals surface area (Å²) in [6, 6.07) is 7.72. The molecule has 0 fully saturated rings. The van der Waals surface area contributed by atoms with Crippen molar-refractivity contribution in [2.24, 2.45) is 0 Å². The van der Waals surface area contributed by atoms with Gasteiger partial charge in [-0.25, -0.2) is 4.98 Å². The molecule has 106 valence electrons. The molecule has 0 saturated heterocycles. The number of nitrogens with zero attached hydrogens (tertiary/aromatic N) is 3. The largest absolute Gasteiger partial charge is 0.268 e. The highest BCUT2D eigenvalue weighted by molar-refractivity contribution is 5.85. The Morgan fingerprint density at radius 2 is 1.71 bits per heavy atom. The van der Waals surface area contributed by atoms with Crippen LogP contribution in [0.5, 0.6) is 0 Å². The monoisotopic (exact) mass is 279 g/mol. The lowest BCUT2D eigenvalue weighted by Gasteiger charge is -2.14. The van der Waals surface area contributed by atoms with E-state index in [0.717, 1.165) is 16.6 Å². The van der Waals surface area contributed by atoms with Gasteiger partial charge in [0.25, 0.3) is 5.56 Å². The number of pyridine rings is 1. The molecule has 0 amide bonds. The first kappa shape index (κ1) is 13.5. The fourth-order valence-electron chi connectivity index (χ4n) is 2.57. The van der Waals surface area contributed by atoms with Gasteiger partial charge in [-0.05, 0) is 29.9 Å². The Kier molecular flexibility index (Phi) is 3.29. The van der Waals surface area contributed by atoms with E-state index in [-0.39, 0.29) is 5.56 Å². The number of rotatable bonds is 2. The van der Waals surface area contributed by atoms with Gasteiger partial charge in [0.15, 0.2) is 5.82 Å². The molecule has 0 aliphatic carbocycles. The summed E-state index contributed by atoms with van der Waals surface area (Å²) in [6.07, 6.45) is 5.14. The van der Waals surface area contributed by atoms with Gasteiger partial charge in [0, 0.05) is 24.0 Å². The summed E-state index contributed by atoms with van der Waals surface area (Å²) in [6.45, 7) is 6.11. The lowest BCUT2D eigenvalue weighted by Crippen LogP contribution is -2.21. The van der Waals surface area contributed by atoms with Crippen LogP contribution >= 0.6 is 0 Å². The highest BCUT2D eigenvalue weighted by Crippen LogP contribution is 2.24. The Hall–Kier alpha value is -2.49. The summed E-state index contributed by atoms with van der Waals surface area (Å²) in [5.74, 6) is 0.911. The lowest BCUT2D eigenvalue weighted by molar-refractivity contribution is 0.834. The summed E-state index contributed by atoms with van der Waals surface area (Å²) < 4.78 is 1.61. The minimum absolute atomic E-state index is 0.0569. The van der Waals surface area contributed by atoms with Crippen LogP contribution in [0.4, 0.5) is 0 Å². The second-order valence-corrected chi connectivity index (χ2v) is 5.43. The number of benzene rings is 1. The van der Waals surface area contributed by atoms with Crippen LogP contribution in [-0.4, -0.2) is 14.5 Å². The molecule has 3 aromatic rings. The third-order valence-corrected chi connectivity index (χ3v) is 3.66. The highest BCUT2D eigenvalue weighted by Gasteiger charge is 2.13. The summed E-state index contributed by atoms with van der Waals surface area (Å²) in [5, 5.41) is 1.73. The van der Waals surface area contributed by atoms with Crippen molar-refractivity contribution < 1.29 is 0 Å². The van der Waals surface area contributed by atoms with Crippen molar-refractivity contribution in [1.29, 1.82) is 0 Å². The zero-order valence-electron chi connectivity index (χ0n) is 12.4. The van der Waals surface area contributed by atoms with E-state index in [1.165, 1.54) is 0 Å². The predicted molar refractivity (Wildman–Crippen MR) is 84.0 cm³/mol. The summed E-state index contributed by atoms with van der Waals surface area (Å²) in [4.78, 5) is 21.3. The van der Waals surface area contributed by atoms with Crippen molar-refractivity contribution in [2.75, 3.05) is 0 Å². The van der Waals surface area contributed by atoms with Gasteiger partial charge < -0.3 is 0 Å². The Labute approximate surface area is 123 Å². The van der Waals surface area contributed by atoms with Gasteiger partial charge in [0.2, 0.25) is 0 Å². The molecule has 0 radical (unpaired) electrons. The molecule has 0 aliphatic rings.